The number of aliphatic hydroxyl groups excluding tert-OH is 2. The van der Waals surface area contributed by atoms with E-state index in [0.717, 1.165) is 0 Å². The first-order chi connectivity index (χ1) is 5.00. The zero-order chi connectivity index (χ0) is 9.02. The SMILES string of the molecule is CC(O)C(C(O)CCl)[N+](=O)[O-]. The maximum atomic E-state index is 10.2. The summed E-state index contributed by atoms with van der Waals surface area (Å²) in [5, 5.41) is 27.9. The Bertz CT molecular complexity index is 140. The first-order valence-corrected chi connectivity index (χ1v) is 3.59. The summed E-state index contributed by atoms with van der Waals surface area (Å²) >= 11 is 5.17. The van der Waals surface area contributed by atoms with Crippen LogP contribution in [0.1, 0.15) is 6.92 Å². The summed E-state index contributed by atoms with van der Waals surface area (Å²) < 4.78 is 0. The summed E-state index contributed by atoms with van der Waals surface area (Å²) in [6.45, 7) is 1.24. The van der Waals surface area contributed by atoms with Gasteiger partial charge in [-0.2, -0.15) is 0 Å². The summed E-state index contributed by atoms with van der Waals surface area (Å²) in [4.78, 5) is 9.43. The second-order valence-electron chi connectivity index (χ2n) is 2.24. The van der Waals surface area contributed by atoms with E-state index in [-0.39, 0.29) is 5.88 Å². The molecule has 11 heavy (non-hydrogen) atoms. The minimum Gasteiger partial charge on any atom is -0.386 e. The fraction of sp³-hybridized carbons (Fsp3) is 1.00. The summed E-state index contributed by atoms with van der Waals surface area (Å²) in [5.74, 6) is -0.253. The summed E-state index contributed by atoms with van der Waals surface area (Å²) in [6, 6.07) is -1.40. The lowest BCUT2D eigenvalue weighted by Gasteiger charge is -2.15. The van der Waals surface area contributed by atoms with Gasteiger partial charge in [-0.05, 0) is 6.92 Å². The molecule has 3 atom stereocenters. The molecule has 0 heterocycles. The van der Waals surface area contributed by atoms with Crippen molar-refractivity contribution in [2.75, 3.05) is 5.88 Å². The summed E-state index contributed by atoms with van der Waals surface area (Å²) in [7, 11) is 0. The van der Waals surface area contributed by atoms with Gasteiger partial charge in [0.2, 0.25) is 0 Å². The molecule has 6 heteroatoms. The van der Waals surface area contributed by atoms with Gasteiger partial charge in [0, 0.05) is 4.92 Å². The first-order valence-electron chi connectivity index (χ1n) is 3.06. The molecule has 0 aromatic heterocycles. The van der Waals surface area contributed by atoms with Gasteiger partial charge < -0.3 is 10.2 Å². The second-order valence-corrected chi connectivity index (χ2v) is 2.55. The maximum Gasteiger partial charge on any atom is 0.264 e. The van der Waals surface area contributed by atoms with E-state index in [2.05, 4.69) is 0 Å². The lowest BCUT2D eigenvalue weighted by molar-refractivity contribution is -0.544. The van der Waals surface area contributed by atoms with Crippen LogP contribution in [0.15, 0.2) is 0 Å². The minimum absolute atomic E-state index is 0.253. The third-order valence-corrected chi connectivity index (χ3v) is 1.61. The Balaban J connectivity index is 4.21. The molecule has 0 fully saturated rings. The highest BCUT2D eigenvalue weighted by molar-refractivity contribution is 6.18. The third-order valence-electron chi connectivity index (χ3n) is 1.29. The van der Waals surface area contributed by atoms with E-state index in [0.29, 0.717) is 0 Å². The van der Waals surface area contributed by atoms with E-state index in [4.69, 9.17) is 21.8 Å². The Morgan fingerprint density at radius 2 is 2.09 bits per heavy atom. The Morgan fingerprint density at radius 3 is 2.18 bits per heavy atom. The van der Waals surface area contributed by atoms with Gasteiger partial charge in [0.1, 0.15) is 12.2 Å². The highest BCUT2D eigenvalue weighted by atomic mass is 35.5. The van der Waals surface area contributed by atoms with Gasteiger partial charge in [0.15, 0.2) is 0 Å². The Labute approximate surface area is 68.7 Å². The van der Waals surface area contributed by atoms with Crippen molar-refractivity contribution in [2.24, 2.45) is 0 Å². The van der Waals surface area contributed by atoms with Gasteiger partial charge >= 0.3 is 0 Å². The molecule has 66 valence electrons. The molecule has 0 aromatic carbocycles. The molecule has 0 aromatic rings. The zero-order valence-electron chi connectivity index (χ0n) is 5.98. The van der Waals surface area contributed by atoms with E-state index < -0.39 is 23.2 Å². The number of hydrogen-bond donors (Lipinski definition) is 2. The van der Waals surface area contributed by atoms with Crippen LogP contribution < -0.4 is 0 Å². The van der Waals surface area contributed by atoms with E-state index in [1.807, 2.05) is 0 Å². The summed E-state index contributed by atoms with van der Waals surface area (Å²) in [6.07, 6.45) is -2.49. The lowest BCUT2D eigenvalue weighted by atomic mass is 10.1. The van der Waals surface area contributed by atoms with E-state index in [1.54, 1.807) is 0 Å². The molecular weight excluding hydrogens is 174 g/mol. The van der Waals surface area contributed by atoms with Crippen LogP contribution in [-0.4, -0.2) is 39.3 Å². The second kappa shape index (κ2) is 4.48. The van der Waals surface area contributed by atoms with E-state index >= 15 is 0 Å². The predicted molar refractivity (Wildman–Crippen MR) is 39.2 cm³/mol. The number of alkyl halides is 1. The van der Waals surface area contributed by atoms with Crippen LogP contribution in [-0.2, 0) is 0 Å². The van der Waals surface area contributed by atoms with Crippen molar-refractivity contribution in [3.63, 3.8) is 0 Å². The van der Waals surface area contributed by atoms with Crippen molar-refractivity contribution in [1.82, 2.24) is 0 Å². The molecule has 0 rings (SSSR count). The molecule has 0 aliphatic heterocycles. The normalized spacial score (nSPS) is 18.9. The van der Waals surface area contributed by atoms with Crippen LogP contribution in [0.3, 0.4) is 0 Å². The van der Waals surface area contributed by atoms with Crippen molar-refractivity contribution >= 4 is 11.6 Å². The Morgan fingerprint density at radius 1 is 1.64 bits per heavy atom. The van der Waals surface area contributed by atoms with Crippen LogP contribution >= 0.6 is 11.6 Å². The van der Waals surface area contributed by atoms with Crippen LogP contribution in [0.5, 0.6) is 0 Å². The number of aliphatic hydroxyl groups is 2. The third kappa shape index (κ3) is 3.00. The first kappa shape index (κ1) is 10.6. The molecule has 0 aliphatic carbocycles. The molecule has 2 N–H and O–H groups in total. The highest BCUT2D eigenvalue weighted by Gasteiger charge is 2.33. The highest BCUT2D eigenvalue weighted by Crippen LogP contribution is 2.05. The van der Waals surface area contributed by atoms with Gasteiger partial charge in [-0.3, -0.25) is 10.1 Å². The smallest absolute Gasteiger partial charge is 0.264 e. The molecular formula is C5H10ClNO4. The van der Waals surface area contributed by atoms with E-state index in [1.165, 1.54) is 6.92 Å². The topological polar surface area (TPSA) is 83.6 Å². The minimum atomic E-state index is -1.40. The average molecular weight is 184 g/mol. The maximum absolute atomic E-state index is 10.2. The van der Waals surface area contributed by atoms with Gasteiger partial charge in [0.05, 0.1) is 5.88 Å². The largest absolute Gasteiger partial charge is 0.386 e. The van der Waals surface area contributed by atoms with Crippen LogP contribution in [0.4, 0.5) is 0 Å². The molecule has 0 amide bonds. The lowest BCUT2D eigenvalue weighted by Crippen LogP contribution is -2.43. The van der Waals surface area contributed by atoms with Crippen molar-refractivity contribution in [3.05, 3.63) is 10.1 Å². The number of hydrogen-bond acceptors (Lipinski definition) is 4. The summed E-state index contributed by atoms with van der Waals surface area (Å²) in [5.41, 5.74) is 0. The average Bonchev–Trinajstić information content (AvgIpc) is 1.85. The van der Waals surface area contributed by atoms with Crippen molar-refractivity contribution < 1.29 is 15.1 Å². The Kier molecular flexibility index (Phi) is 4.32. The fourth-order valence-electron chi connectivity index (χ4n) is 0.729. The van der Waals surface area contributed by atoms with Gasteiger partial charge in [-0.15, -0.1) is 11.6 Å². The number of halogens is 1. The molecule has 0 spiro atoms. The Hall–Kier alpha value is -0.390. The molecule has 5 nitrogen and oxygen atoms in total. The van der Waals surface area contributed by atoms with Crippen LogP contribution in [0.2, 0.25) is 0 Å². The molecule has 0 radical (unpaired) electrons. The number of nitro groups is 1. The monoisotopic (exact) mass is 183 g/mol. The van der Waals surface area contributed by atoms with Gasteiger partial charge in [-0.25, -0.2) is 0 Å². The van der Waals surface area contributed by atoms with Crippen LogP contribution in [0, 0.1) is 10.1 Å². The standard InChI is InChI=1S/C5H10ClNO4/c1-3(8)5(7(10)11)4(9)2-6/h3-5,8-9H,2H2,1H3. The fourth-order valence-corrected chi connectivity index (χ4v) is 0.912. The van der Waals surface area contributed by atoms with Gasteiger partial charge in [0.25, 0.3) is 6.04 Å². The number of rotatable bonds is 4. The zero-order valence-corrected chi connectivity index (χ0v) is 6.73. The van der Waals surface area contributed by atoms with Crippen LogP contribution in [0.25, 0.3) is 0 Å². The molecule has 0 aliphatic rings. The van der Waals surface area contributed by atoms with Gasteiger partial charge in [-0.1, -0.05) is 0 Å². The molecule has 0 saturated carbocycles. The predicted octanol–water partition coefficient (Wildman–Crippen LogP) is -0.388. The van der Waals surface area contributed by atoms with Crippen molar-refractivity contribution in [2.45, 2.75) is 25.2 Å². The van der Waals surface area contributed by atoms with E-state index in [9.17, 15) is 10.1 Å². The van der Waals surface area contributed by atoms with Crippen molar-refractivity contribution in [3.8, 4) is 0 Å². The quantitative estimate of drug-likeness (QED) is 0.353. The number of nitrogens with zero attached hydrogens (tertiary/aromatic N) is 1. The molecule has 3 unspecified atom stereocenters. The molecule has 0 bridgehead atoms. The molecule has 0 saturated heterocycles. The van der Waals surface area contributed by atoms with Crippen molar-refractivity contribution in [1.29, 1.82) is 0 Å².